The van der Waals surface area contributed by atoms with Gasteiger partial charge in [0.25, 0.3) is 5.91 Å². The van der Waals surface area contributed by atoms with Crippen LogP contribution in [0.15, 0.2) is 18.2 Å². The summed E-state index contributed by atoms with van der Waals surface area (Å²) in [6.45, 7) is 0.894. The number of rotatable bonds is 4. The summed E-state index contributed by atoms with van der Waals surface area (Å²) in [5.74, 6) is -1.13. The van der Waals surface area contributed by atoms with Crippen molar-refractivity contribution < 1.29 is 9.18 Å². The van der Waals surface area contributed by atoms with Crippen molar-refractivity contribution in [1.29, 1.82) is 0 Å². The van der Waals surface area contributed by atoms with E-state index in [4.69, 9.17) is 17.3 Å². The zero-order valence-electron chi connectivity index (χ0n) is 8.09. The molecule has 1 amide bonds. The normalized spacial score (nSPS) is 10.1. The SMILES string of the molecule is NCCCNC(=O)c1c(F)cccc1Cl. The zero-order valence-corrected chi connectivity index (χ0v) is 8.85. The molecule has 0 aliphatic carbocycles. The lowest BCUT2D eigenvalue weighted by Gasteiger charge is -2.06. The van der Waals surface area contributed by atoms with Gasteiger partial charge in [-0.05, 0) is 25.1 Å². The number of hydrogen-bond donors (Lipinski definition) is 2. The number of hydrogen-bond acceptors (Lipinski definition) is 2. The van der Waals surface area contributed by atoms with Crippen LogP contribution in [0.3, 0.4) is 0 Å². The van der Waals surface area contributed by atoms with Crippen molar-refractivity contribution in [3.8, 4) is 0 Å². The fourth-order valence-electron chi connectivity index (χ4n) is 1.11. The van der Waals surface area contributed by atoms with Crippen molar-refractivity contribution in [2.45, 2.75) is 6.42 Å². The Morgan fingerprint density at radius 1 is 1.53 bits per heavy atom. The molecule has 0 spiro atoms. The van der Waals surface area contributed by atoms with E-state index in [-0.39, 0.29) is 10.6 Å². The zero-order chi connectivity index (χ0) is 11.3. The second-order valence-corrected chi connectivity index (χ2v) is 3.40. The van der Waals surface area contributed by atoms with Crippen LogP contribution in [0.2, 0.25) is 5.02 Å². The van der Waals surface area contributed by atoms with Crippen LogP contribution in [0, 0.1) is 5.82 Å². The first-order valence-electron chi connectivity index (χ1n) is 4.59. The van der Waals surface area contributed by atoms with Crippen LogP contribution in [-0.2, 0) is 0 Å². The quantitative estimate of drug-likeness (QED) is 0.772. The van der Waals surface area contributed by atoms with Gasteiger partial charge < -0.3 is 11.1 Å². The summed E-state index contributed by atoms with van der Waals surface area (Å²) in [4.78, 5) is 11.5. The molecule has 0 aliphatic heterocycles. The summed E-state index contributed by atoms with van der Waals surface area (Å²) in [7, 11) is 0. The summed E-state index contributed by atoms with van der Waals surface area (Å²) in [5, 5.41) is 2.65. The predicted molar refractivity (Wildman–Crippen MR) is 57.4 cm³/mol. The van der Waals surface area contributed by atoms with Gasteiger partial charge in [-0.15, -0.1) is 0 Å². The number of amides is 1. The van der Waals surface area contributed by atoms with Crippen molar-refractivity contribution >= 4 is 17.5 Å². The van der Waals surface area contributed by atoms with E-state index in [9.17, 15) is 9.18 Å². The summed E-state index contributed by atoms with van der Waals surface area (Å²) < 4.78 is 13.2. The lowest BCUT2D eigenvalue weighted by atomic mass is 10.2. The minimum Gasteiger partial charge on any atom is -0.352 e. The summed E-state index contributed by atoms with van der Waals surface area (Å²) in [5.41, 5.74) is 5.15. The highest BCUT2D eigenvalue weighted by Gasteiger charge is 2.14. The lowest BCUT2D eigenvalue weighted by molar-refractivity contribution is 0.0949. The highest BCUT2D eigenvalue weighted by Crippen LogP contribution is 2.18. The third-order valence-corrected chi connectivity index (χ3v) is 2.17. The molecule has 82 valence electrons. The topological polar surface area (TPSA) is 55.1 Å². The van der Waals surface area contributed by atoms with Gasteiger partial charge in [0, 0.05) is 6.54 Å². The Bertz CT molecular complexity index is 337. The monoisotopic (exact) mass is 230 g/mol. The molecule has 0 atom stereocenters. The molecule has 0 heterocycles. The standard InChI is InChI=1S/C10H12ClFN2O/c11-7-3-1-4-8(12)9(7)10(15)14-6-2-5-13/h1,3-4H,2,5-6,13H2,(H,14,15). The van der Waals surface area contributed by atoms with Gasteiger partial charge >= 0.3 is 0 Å². The Hall–Kier alpha value is -1.13. The maximum atomic E-state index is 13.2. The average Bonchev–Trinajstić information content (AvgIpc) is 2.18. The molecular weight excluding hydrogens is 219 g/mol. The summed E-state index contributed by atoms with van der Waals surface area (Å²) >= 11 is 5.71. The molecule has 1 aromatic rings. The molecular formula is C10H12ClFN2O. The smallest absolute Gasteiger partial charge is 0.255 e. The van der Waals surface area contributed by atoms with Crippen LogP contribution in [-0.4, -0.2) is 19.0 Å². The molecule has 1 rings (SSSR count). The Morgan fingerprint density at radius 2 is 2.27 bits per heavy atom. The molecule has 0 aliphatic rings. The van der Waals surface area contributed by atoms with Gasteiger partial charge in [-0.25, -0.2) is 4.39 Å². The Labute approximate surface area is 92.4 Å². The Morgan fingerprint density at radius 3 is 2.87 bits per heavy atom. The number of benzene rings is 1. The van der Waals surface area contributed by atoms with E-state index in [1.165, 1.54) is 18.2 Å². The number of nitrogens with one attached hydrogen (secondary N) is 1. The third-order valence-electron chi connectivity index (χ3n) is 1.86. The van der Waals surface area contributed by atoms with Crippen LogP contribution in [0.4, 0.5) is 4.39 Å². The first-order valence-corrected chi connectivity index (χ1v) is 4.97. The van der Waals surface area contributed by atoms with Gasteiger partial charge in [-0.2, -0.15) is 0 Å². The van der Waals surface area contributed by atoms with E-state index in [2.05, 4.69) is 5.32 Å². The Kier molecular flexibility index (Phi) is 4.52. The van der Waals surface area contributed by atoms with E-state index in [1.54, 1.807) is 0 Å². The van der Waals surface area contributed by atoms with E-state index in [0.717, 1.165) is 0 Å². The maximum absolute atomic E-state index is 13.2. The van der Waals surface area contributed by atoms with E-state index < -0.39 is 11.7 Å². The second-order valence-electron chi connectivity index (χ2n) is 2.99. The second kappa shape index (κ2) is 5.68. The van der Waals surface area contributed by atoms with Crippen molar-refractivity contribution in [2.75, 3.05) is 13.1 Å². The van der Waals surface area contributed by atoms with E-state index in [0.29, 0.717) is 19.5 Å². The van der Waals surface area contributed by atoms with Gasteiger partial charge in [0.05, 0.1) is 10.6 Å². The number of carbonyl (C=O) groups is 1. The predicted octanol–water partition coefficient (Wildman–Crippen LogP) is 1.56. The van der Waals surface area contributed by atoms with Crippen molar-refractivity contribution in [3.05, 3.63) is 34.6 Å². The van der Waals surface area contributed by atoms with Crippen LogP contribution in [0.5, 0.6) is 0 Å². The van der Waals surface area contributed by atoms with Gasteiger partial charge in [-0.3, -0.25) is 4.79 Å². The third kappa shape index (κ3) is 3.18. The number of halogens is 2. The molecule has 0 radical (unpaired) electrons. The fourth-order valence-corrected chi connectivity index (χ4v) is 1.36. The molecule has 0 saturated carbocycles. The van der Waals surface area contributed by atoms with E-state index >= 15 is 0 Å². The summed E-state index contributed by atoms with van der Waals surface area (Å²) in [6, 6.07) is 4.13. The average molecular weight is 231 g/mol. The molecule has 0 unspecified atom stereocenters. The largest absolute Gasteiger partial charge is 0.352 e. The number of carbonyl (C=O) groups excluding carboxylic acids is 1. The van der Waals surface area contributed by atoms with Crippen LogP contribution in [0.1, 0.15) is 16.8 Å². The summed E-state index contributed by atoms with van der Waals surface area (Å²) in [6.07, 6.45) is 0.651. The first kappa shape index (κ1) is 11.9. The highest BCUT2D eigenvalue weighted by atomic mass is 35.5. The van der Waals surface area contributed by atoms with Crippen LogP contribution in [0.25, 0.3) is 0 Å². The number of nitrogens with two attached hydrogens (primary N) is 1. The van der Waals surface area contributed by atoms with Crippen molar-refractivity contribution in [3.63, 3.8) is 0 Å². The molecule has 15 heavy (non-hydrogen) atoms. The fraction of sp³-hybridized carbons (Fsp3) is 0.300. The molecule has 0 bridgehead atoms. The van der Waals surface area contributed by atoms with E-state index in [1.807, 2.05) is 0 Å². The molecule has 3 N–H and O–H groups in total. The molecule has 3 nitrogen and oxygen atoms in total. The van der Waals surface area contributed by atoms with Gasteiger partial charge in [0.15, 0.2) is 0 Å². The molecule has 0 fully saturated rings. The molecule has 0 aromatic heterocycles. The minimum absolute atomic E-state index is 0.111. The molecule has 5 heteroatoms. The highest BCUT2D eigenvalue weighted by molar-refractivity contribution is 6.33. The lowest BCUT2D eigenvalue weighted by Crippen LogP contribution is -2.27. The Balaban J connectivity index is 2.73. The molecule has 1 aromatic carbocycles. The maximum Gasteiger partial charge on any atom is 0.255 e. The van der Waals surface area contributed by atoms with Gasteiger partial charge in [0.2, 0.25) is 0 Å². The van der Waals surface area contributed by atoms with Gasteiger partial charge in [0.1, 0.15) is 5.82 Å². The molecule has 0 saturated heterocycles. The van der Waals surface area contributed by atoms with Crippen molar-refractivity contribution in [2.24, 2.45) is 5.73 Å². The van der Waals surface area contributed by atoms with Crippen LogP contribution >= 0.6 is 11.6 Å². The minimum atomic E-state index is -0.618. The van der Waals surface area contributed by atoms with Crippen molar-refractivity contribution in [1.82, 2.24) is 5.32 Å². The van der Waals surface area contributed by atoms with Gasteiger partial charge in [-0.1, -0.05) is 17.7 Å². The van der Waals surface area contributed by atoms with Crippen LogP contribution < -0.4 is 11.1 Å². The first-order chi connectivity index (χ1) is 7.16.